The maximum Gasteiger partial charge on any atom is 0.264 e. The Balaban J connectivity index is 1.96. The number of amides is 1. The van der Waals surface area contributed by atoms with E-state index < -0.39 is 15.8 Å². The summed E-state index contributed by atoms with van der Waals surface area (Å²) in [5, 5.41) is 2.81. The summed E-state index contributed by atoms with van der Waals surface area (Å²) in [6.45, 7) is 4.77. The number of sulfonamides is 1. The summed E-state index contributed by atoms with van der Waals surface area (Å²) in [7, 11) is -3.91. The summed E-state index contributed by atoms with van der Waals surface area (Å²) in [5.41, 5.74) is 0.641. The molecule has 1 amide bonds. The molecule has 144 valence electrons. The van der Waals surface area contributed by atoms with Crippen LogP contribution in [0.3, 0.4) is 0 Å². The quantitative estimate of drug-likeness (QED) is 0.849. The molecule has 6 nitrogen and oxygen atoms in total. The monoisotopic (exact) mass is 392 g/mol. The highest BCUT2D eigenvalue weighted by Crippen LogP contribution is 2.36. The summed E-state index contributed by atoms with van der Waals surface area (Å²) < 4.78 is 45.9. The number of fused-ring (bicyclic) bond motifs is 1. The Hall–Kier alpha value is -2.61. The van der Waals surface area contributed by atoms with Crippen LogP contribution in [0.15, 0.2) is 47.4 Å². The minimum absolute atomic E-state index is 0.0218. The van der Waals surface area contributed by atoms with Crippen molar-refractivity contribution in [2.75, 3.05) is 24.0 Å². The maximum atomic E-state index is 13.2. The van der Waals surface area contributed by atoms with E-state index in [-0.39, 0.29) is 24.0 Å². The van der Waals surface area contributed by atoms with Crippen LogP contribution in [-0.2, 0) is 10.0 Å². The third kappa shape index (κ3) is 4.05. The van der Waals surface area contributed by atoms with Crippen molar-refractivity contribution in [1.29, 1.82) is 0 Å². The number of hydrogen-bond acceptors (Lipinski definition) is 4. The number of halogens is 1. The third-order valence-electron chi connectivity index (χ3n) is 4.11. The zero-order valence-corrected chi connectivity index (χ0v) is 15.9. The van der Waals surface area contributed by atoms with Crippen molar-refractivity contribution in [2.24, 2.45) is 5.92 Å². The average Bonchev–Trinajstić information content (AvgIpc) is 2.65. The minimum atomic E-state index is -3.91. The number of carbonyl (C=O) groups excluding carboxylic acids is 1. The van der Waals surface area contributed by atoms with E-state index in [0.717, 1.165) is 12.1 Å². The topological polar surface area (TPSA) is 75.7 Å². The number of hydrogen-bond donors (Lipinski definition) is 1. The van der Waals surface area contributed by atoms with Crippen LogP contribution in [0.2, 0.25) is 0 Å². The van der Waals surface area contributed by atoms with Crippen LogP contribution in [-0.4, -0.2) is 34.0 Å². The number of ether oxygens (including phenoxy) is 1. The van der Waals surface area contributed by atoms with Gasteiger partial charge in [-0.25, -0.2) is 12.8 Å². The molecule has 0 atom stereocenters. The average molecular weight is 392 g/mol. The maximum absolute atomic E-state index is 13.2. The van der Waals surface area contributed by atoms with Crippen molar-refractivity contribution < 1.29 is 22.3 Å². The molecule has 1 heterocycles. The molecule has 0 saturated heterocycles. The number of nitrogens with zero attached hydrogens (tertiary/aromatic N) is 1. The number of benzene rings is 2. The zero-order chi connectivity index (χ0) is 19.6. The highest BCUT2D eigenvalue weighted by Gasteiger charge is 2.30. The van der Waals surface area contributed by atoms with Gasteiger partial charge in [0.15, 0.2) is 0 Å². The normalized spacial score (nSPS) is 13.9. The molecule has 8 heteroatoms. The molecule has 0 bridgehead atoms. The van der Waals surface area contributed by atoms with Crippen LogP contribution < -0.4 is 14.4 Å². The minimum Gasteiger partial charge on any atom is -0.489 e. The molecule has 1 aliphatic rings. The first-order chi connectivity index (χ1) is 12.8. The first-order valence-corrected chi connectivity index (χ1v) is 10.1. The molecule has 1 N–H and O–H groups in total. The molecule has 0 saturated carbocycles. The number of rotatable bonds is 5. The fourth-order valence-corrected chi connectivity index (χ4v) is 4.17. The van der Waals surface area contributed by atoms with Crippen LogP contribution in [0.1, 0.15) is 24.2 Å². The molecule has 0 unspecified atom stereocenters. The fraction of sp³-hybridized carbons (Fsp3) is 0.316. The van der Waals surface area contributed by atoms with Gasteiger partial charge in [-0.1, -0.05) is 13.8 Å². The molecule has 0 aliphatic carbocycles. The van der Waals surface area contributed by atoms with E-state index in [9.17, 15) is 17.6 Å². The van der Waals surface area contributed by atoms with Gasteiger partial charge in [-0.05, 0) is 48.4 Å². The summed E-state index contributed by atoms with van der Waals surface area (Å²) in [5.74, 6) is -0.116. The Labute approximate surface area is 158 Å². The third-order valence-corrected chi connectivity index (χ3v) is 5.94. The van der Waals surface area contributed by atoms with Crippen LogP contribution in [0, 0.1) is 11.7 Å². The van der Waals surface area contributed by atoms with Gasteiger partial charge in [0.05, 0.1) is 17.1 Å². The summed E-state index contributed by atoms with van der Waals surface area (Å²) in [4.78, 5) is 12.3. The van der Waals surface area contributed by atoms with Gasteiger partial charge in [0.25, 0.3) is 15.9 Å². The zero-order valence-electron chi connectivity index (χ0n) is 15.1. The molecule has 1 aliphatic heterocycles. The van der Waals surface area contributed by atoms with E-state index >= 15 is 0 Å². The Morgan fingerprint density at radius 1 is 1.22 bits per heavy atom. The van der Waals surface area contributed by atoms with E-state index in [1.54, 1.807) is 12.1 Å². The van der Waals surface area contributed by atoms with Crippen molar-refractivity contribution in [3.63, 3.8) is 0 Å². The Bertz CT molecular complexity index is 943. The lowest BCUT2D eigenvalue weighted by molar-refractivity contribution is 0.0949. The van der Waals surface area contributed by atoms with Gasteiger partial charge < -0.3 is 10.1 Å². The van der Waals surface area contributed by atoms with E-state index in [0.29, 0.717) is 29.5 Å². The molecule has 0 spiro atoms. The lowest BCUT2D eigenvalue weighted by atomic mass is 10.1. The second-order valence-corrected chi connectivity index (χ2v) is 8.53. The Morgan fingerprint density at radius 3 is 2.59 bits per heavy atom. The van der Waals surface area contributed by atoms with E-state index in [4.69, 9.17) is 4.74 Å². The second kappa shape index (κ2) is 7.56. The molecule has 0 fully saturated rings. The molecule has 2 aromatic rings. The van der Waals surface area contributed by atoms with Gasteiger partial charge in [0.1, 0.15) is 18.2 Å². The van der Waals surface area contributed by atoms with Crippen molar-refractivity contribution in [1.82, 2.24) is 5.32 Å². The molecule has 3 rings (SSSR count). The molecular formula is C19H21FN2O4S. The molecule has 2 aromatic carbocycles. The van der Waals surface area contributed by atoms with E-state index in [1.165, 1.54) is 22.5 Å². The number of nitrogens with one attached hydrogen (secondary N) is 1. The summed E-state index contributed by atoms with van der Waals surface area (Å²) in [6.07, 6.45) is 0. The highest BCUT2D eigenvalue weighted by atomic mass is 32.2. The predicted molar refractivity (Wildman–Crippen MR) is 100 cm³/mol. The van der Waals surface area contributed by atoms with Gasteiger partial charge >= 0.3 is 0 Å². The van der Waals surface area contributed by atoms with E-state index in [1.807, 2.05) is 13.8 Å². The number of anilines is 1. The lowest BCUT2D eigenvalue weighted by Gasteiger charge is -2.30. The number of carbonyl (C=O) groups is 1. The largest absolute Gasteiger partial charge is 0.489 e. The first-order valence-electron chi connectivity index (χ1n) is 8.62. The van der Waals surface area contributed by atoms with Crippen molar-refractivity contribution in [2.45, 2.75) is 18.7 Å². The van der Waals surface area contributed by atoms with Gasteiger partial charge in [-0.3, -0.25) is 9.10 Å². The van der Waals surface area contributed by atoms with Crippen LogP contribution in [0.25, 0.3) is 0 Å². The smallest absolute Gasteiger partial charge is 0.264 e. The van der Waals surface area contributed by atoms with Gasteiger partial charge in [-0.15, -0.1) is 0 Å². The predicted octanol–water partition coefficient (Wildman–Crippen LogP) is 2.80. The van der Waals surface area contributed by atoms with Crippen molar-refractivity contribution >= 4 is 21.6 Å². The molecule has 27 heavy (non-hydrogen) atoms. The molecule has 0 radical (unpaired) electrons. The van der Waals surface area contributed by atoms with Crippen LogP contribution in [0.5, 0.6) is 5.75 Å². The van der Waals surface area contributed by atoms with Gasteiger partial charge in [0.2, 0.25) is 0 Å². The Morgan fingerprint density at radius 2 is 1.93 bits per heavy atom. The second-order valence-electron chi connectivity index (χ2n) is 6.67. The summed E-state index contributed by atoms with van der Waals surface area (Å²) in [6, 6.07) is 9.34. The van der Waals surface area contributed by atoms with Gasteiger partial charge in [0, 0.05) is 12.1 Å². The highest BCUT2D eigenvalue weighted by molar-refractivity contribution is 7.92. The SMILES string of the molecule is CC(C)CNC(=O)c1ccc2c(c1)N(S(=O)(=O)c1ccc(F)cc1)CCO2. The summed E-state index contributed by atoms with van der Waals surface area (Å²) >= 11 is 0. The fourth-order valence-electron chi connectivity index (χ4n) is 2.72. The van der Waals surface area contributed by atoms with Gasteiger partial charge in [-0.2, -0.15) is 0 Å². The lowest BCUT2D eigenvalue weighted by Crippen LogP contribution is -2.38. The molecular weight excluding hydrogens is 371 g/mol. The molecule has 0 aromatic heterocycles. The van der Waals surface area contributed by atoms with Crippen molar-refractivity contribution in [3.05, 3.63) is 53.8 Å². The van der Waals surface area contributed by atoms with Crippen molar-refractivity contribution in [3.8, 4) is 5.75 Å². The van der Waals surface area contributed by atoms with Crippen LogP contribution in [0.4, 0.5) is 10.1 Å². The Kier molecular flexibility index (Phi) is 5.36. The van der Waals surface area contributed by atoms with E-state index in [2.05, 4.69) is 5.32 Å². The first kappa shape index (κ1) is 19.2. The van der Waals surface area contributed by atoms with Crippen LogP contribution >= 0.6 is 0 Å². The standard InChI is InChI=1S/C19H21FN2O4S/c1-13(2)12-21-19(23)14-3-8-18-17(11-14)22(9-10-26-18)27(24,25)16-6-4-15(20)5-7-16/h3-8,11,13H,9-10,12H2,1-2H3,(H,21,23).